The SMILES string of the molecule is CC(=O)O[C@H]1[C@@H](C2=NCCC2)C[C@H]2[C@@H]3CC[C@H]4C[C@H](O)CC[C@]4(C)[C@H]3CC[C@@]21CN1CCOCC1. The molecule has 5 fully saturated rings. The van der Waals surface area contributed by atoms with Crippen LogP contribution in [-0.4, -0.2) is 73.3 Å². The Morgan fingerprint density at radius 1 is 1.14 bits per heavy atom. The minimum Gasteiger partial charge on any atom is -0.461 e. The third-order valence-corrected chi connectivity index (χ3v) is 11.6. The molecule has 0 bridgehead atoms. The lowest BCUT2D eigenvalue weighted by atomic mass is 9.45. The van der Waals surface area contributed by atoms with E-state index < -0.39 is 0 Å². The van der Waals surface area contributed by atoms with E-state index >= 15 is 0 Å². The van der Waals surface area contributed by atoms with Crippen molar-refractivity contribution in [2.24, 2.45) is 45.4 Å². The van der Waals surface area contributed by atoms with Crippen molar-refractivity contribution in [1.82, 2.24) is 4.90 Å². The normalized spacial score (nSPS) is 48.0. The topological polar surface area (TPSA) is 71.4 Å². The number of esters is 1. The first kappa shape index (κ1) is 24.4. The molecule has 6 aliphatic rings. The second-order valence-electron chi connectivity index (χ2n) is 13.1. The van der Waals surface area contributed by atoms with E-state index in [1.54, 1.807) is 6.92 Å². The maximum atomic E-state index is 12.5. The second-order valence-corrected chi connectivity index (χ2v) is 13.1. The number of morpholine rings is 1. The van der Waals surface area contributed by atoms with Crippen LogP contribution < -0.4 is 0 Å². The van der Waals surface area contributed by atoms with Crippen LogP contribution in [0.3, 0.4) is 0 Å². The first-order valence-corrected chi connectivity index (χ1v) is 14.6. The molecule has 1 N–H and O–H groups in total. The highest BCUT2D eigenvalue weighted by Gasteiger charge is 2.66. The van der Waals surface area contributed by atoms with Crippen molar-refractivity contribution in [2.45, 2.75) is 90.3 Å². The Hall–Kier alpha value is -0.980. The molecule has 9 atom stereocenters. The highest BCUT2D eigenvalue weighted by atomic mass is 16.5. The predicted octanol–water partition coefficient (Wildman–Crippen LogP) is 4.09. The lowest BCUT2D eigenvalue weighted by Crippen LogP contribution is -2.59. The molecule has 6 heteroatoms. The molecule has 0 aromatic heterocycles. The summed E-state index contributed by atoms with van der Waals surface area (Å²) in [6.07, 6.45) is 11.3. The zero-order valence-corrected chi connectivity index (χ0v) is 21.9. The summed E-state index contributed by atoms with van der Waals surface area (Å²) in [5.41, 5.74) is 1.72. The summed E-state index contributed by atoms with van der Waals surface area (Å²) >= 11 is 0. The molecule has 4 aliphatic carbocycles. The Morgan fingerprint density at radius 2 is 1.97 bits per heavy atom. The van der Waals surface area contributed by atoms with Gasteiger partial charge in [0.25, 0.3) is 0 Å². The monoisotopic (exact) mass is 486 g/mol. The largest absolute Gasteiger partial charge is 0.461 e. The molecule has 2 heterocycles. The molecule has 6 nitrogen and oxygen atoms in total. The van der Waals surface area contributed by atoms with E-state index in [-0.39, 0.29) is 23.6 Å². The van der Waals surface area contributed by atoms with E-state index in [0.29, 0.717) is 29.1 Å². The molecule has 6 rings (SSSR count). The van der Waals surface area contributed by atoms with Gasteiger partial charge in [0.15, 0.2) is 0 Å². The van der Waals surface area contributed by atoms with Crippen LogP contribution in [-0.2, 0) is 14.3 Å². The minimum absolute atomic E-state index is 0.0251. The summed E-state index contributed by atoms with van der Waals surface area (Å²) in [5.74, 6) is 2.86. The van der Waals surface area contributed by atoms with Crippen LogP contribution >= 0.6 is 0 Å². The summed E-state index contributed by atoms with van der Waals surface area (Å²) < 4.78 is 12.1. The third-order valence-electron chi connectivity index (χ3n) is 11.6. The molecule has 0 aromatic carbocycles. The van der Waals surface area contributed by atoms with Gasteiger partial charge in [0.05, 0.1) is 19.3 Å². The molecular weight excluding hydrogens is 440 g/mol. The van der Waals surface area contributed by atoms with Gasteiger partial charge in [0.2, 0.25) is 0 Å². The highest BCUT2D eigenvalue weighted by molar-refractivity contribution is 5.89. The summed E-state index contributed by atoms with van der Waals surface area (Å²) in [6.45, 7) is 9.73. The lowest BCUT2D eigenvalue weighted by Gasteiger charge is -2.61. The van der Waals surface area contributed by atoms with Gasteiger partial charge in [-0.1, -0.05) is 6.92 Å². The van der Waals surface area contributed by atoms with Crippen LogP contribution in [0.1, 0.15) is 78.1 Å². The Balaban J connectivity index is 1.36. The van der Waals surface area contributed by atoms with E-state index in [4.69, 9.17) is 14.5 Å². The fourth-order valence-electron chi connectivity index (χ4n) is 10.1. The number of rotatable bonds is 4. The van der Waals surface area contributed by atoms with Gasteiger partial charge in [0.1, 0.15) is 6.10 Å². The number of carbonyl (C=O) groups is 1. The number of nitrogens with zero attached hydrogens (tertiary/aromatic N) is 2. The van der Waals surface area contributed by atoms with Gasteiger partial charge in [-0.3, -0.25) is 14.7 Å². The highest BCUT2D eigenvalue weighted by Crippen LogP contribution is 2.68. The van der Waals surface area contributed by atoms with Gasteiger partial charge < -0.3 is 14.6 Å². The quantitative estimate of drug-likeness (QED) is 0.606. The van der Waals surface area contributed by atoms with Crippen molar-refractivity contribution >= 4 is 11.7 Å². The van der Waals surface area contributed by atoms with Crippen LogP contribution in [0.15, 0.2) is 4.99 Å². The van der Waals surface area contributed by atoms with Crippen LogP contribution in [0.2, 0.25) is 0 Å². The molecular formula is C29H46N2O4. The number of aliphatic hydroxyl groups excluding tert-OH is 1. The fourth-order valence-corrected chi connectivity index (χ4v) is 10.1. The van der Waals surface area contributed by atoms with Gasteiger partial charge in [0, 0.05) is 50.1 Å². The van der Waals surface area contributed by atoms with Crippen molar-refractivity contribution in [3.63, 3.8) is 0 Å². The van der Waals surface area contributed by atoms with Gasteiger partial charge in [-0.05, 0) is 93.3 Å². The Labute approximate surface area is 211 Å². The van der Waals surface area contributed by atoms with Crippen LogP contribution in [0, 0.1) is 40.4 Å². The number of ether oxygens (including phenoxy) is 2. The van der Waals surface area contributed by atoms with Crippen molar-refractivity contribution < 1.29 is 19.4 Å². The molecule has 35 heavy (non-hydrogen) atoms. The van der Waals surface area contributed by atoms with E-state index in [1.807, 2.05) is 0 Å². The average Bonchev–Trinajstić information content (AvgIpc) is 3.47. The number of hydrogen-bond donors (Lipinski definition) is 1. The van der Waals surface area contributed by atoms with Gasteiger partial charge in [-0.25, -0.2) is 0 Å². The molecule has 0 unspecified atom stereocenters. The molecule has 0 spiro atoms. The molecule has 4 saturated carbocycles. The molecule has 1 saturated heterocycles. The van der Waals surface area contributed by atoms with Crippen LogP contribution in [0.4, 0.5) is 0 Å². The Morgan fingerprint density at radius 3 is 2.71 bits per heavy atom. The molecule has 196 valence electrons. The summed E-state index contributed by atoms with van der Waals surface area (Å²) in [6, 6.07) is 0. The Bertz CT molecular complexity index is 841. The third kappa shape index (κ3) is 4.10. The van der Waals surface area contributed by atoms with Crippen LogP contribution in [0.25, 0.3) is 0 Å². The lowest BCUT2D eigenvalue weighted by molar-refractivity contribution is -0.172. The van der Waals surface area contributed by atoms with Crippen molar-refractivity contribution in [3.8, 4) is 0 Å². The predicted molar refractivity (Wildman–Crippen MR) is 135 cm³/mol. The van der Waals surface area contributed by atoms with Crippen molar-refractivity contribution in [1.29, 1.82) is 0 Å². The summed E-state index contributed by atoms with van der Waals surface area (Å²) in [4.78, 5) is 20.1. The number of carbonyl (C=O) groups excluding carboxylic acids is 1. The maximum Gasteiger partial charge on any atom is 0.302 e. The second kappa shape index (κ2) is 9.40. The van der Waals surface area contributed by atoms with Crippen molar-refractivity contribution in [2.75, 3.05) is 39.4 Å². The first-order chi connectivity index (χ1) is 16.9. The number of fused-ring (bicyclic) bond motifs is 5. The van der Waals surface area contributed by atoms with E-state index in [9.17, 15) is 9.90 Å². The van der Waals surface area contributed by atoms with Crippen LogP contribution in [0.5, 0.6) is 0 Å². The number of hydrogen-bond acceptors (Lipinski definition) is 6. The smallest absolute Gasteiger partial charge is 0.302 e. The molecule has 0 amide bonds. The van der Waals surface area contributed by atoms with E-state index in [1.165, 1.54) is 31.4 Å². The summed E-state index contributed by atoms with van der Waals surface area (Å²) in [7, 11) is 0. The van der Waals surface area contributed by atoms with Crippen molar-refractivity contribution in [3.05, 3.63) is 0 Å². The van der Waals surface area contributed by atoms with Gasteiger partial charge in [-0.2, -0.15) is 0 Å². The zero-order valence-electron chi connectivity index (χ0n) is 21.9. The van der Waals surface area contributed by atoms with E-state index in [2.05, 4.69) is 11.8 Å². The Kier molecular flexibility index (Phi) is 6.54. The van der Waals surface area contributed by atoms with Gasteiger partial charge >= 0.3 is 5.97 Å². The van der Waals surface area contributed by atoms with Gasteiger partial charge in [-0.15, -0.1) is 0 Å². The maximum absolute atomic E-state index is 12.5. The minimum atomic E-state index is -0.125. The fraction of sp³-hybridized carbons (Fsp3) is 0.931. The van der Waals surface area contributed by atoms with E-state index in [0.717, 1.165) is 83.8 Å². The standard InChI is InChI=1S/C29H46N2O4/c1-19(32)35-27-23(26-4-3-11-30-26)17-25-22-6-5-20-16-21(33)7-9-28(20,2)24(22)8-10-29(25,27)18-31-12-14-34-15-13-31/h20-25,27,33H,3-18H2,1-2H3/t20-,21+,22+,23+,24-,25-,27-,28-,29+/m0/s1. The summed E-state index contributed by atoms with van der Waals surface area (Å²) in [5, 5.41) is 10.4. The molecule has 2 aliphatic heterocycles. The first-order valence-electron chi connectivity index (χ1n) is 14.6. The molecule has 0 aromatic rings. The molecule has 0 radical (unpaired) electrons. The number of aliphatic hydroxyl groups is 1. The zero-order chi connectivity index (χ0) is 24.2. The number of aliphatic imine (C=N–C) groups is 1. The average molecular weight is 487 g/mol.